The van der Waals surface area contributed by atoms with E-state index in [9.17, 15) is 10.1 Å². The molecule has 1 atom stereocenters. The predicted molar refractivity (Wildman–Crippen MR) is 83.7 cm³/mol. The normalized spacial score (nSPS) is 16.7. The highest BCUT2D eigenvalue weighted by molar-refractivity contribution is 7.80. The number of piperidine rings is 1. The molecule has 1 aliphatic rings. The largest absolute Gasteiger partial charge is 0.366 e. The Bertz CT molecular complexity index is 458. The van der Waals surface area contributed by atoms with E-state index in [0.717, 1.165) is 23.6 Å². The van der Waals surface area contributed by atoms with Crippen molar-refractivity contribution in [1.29, 1.82) is 0 Å². The molecule has 0 aromatic heterocycles. The summed E-state index contributed by atoms with van der Waals surface area (Å²) in [5.41, 5.74) is 1.00. The standard InChI is InChI=1S/C15H20N2O2S/c18-17(19)12-14(13-7-3-1-4-8-13)11-15(20)16-9-5-2-6-10-16/h1,3-4,7-8,14H,2,5-6,9-12H2. The predicted octanol–water partition coefficient (Wildman–Crippen LogP) is 3.25. The summed E-state index contributed by atoms with van der Waals surface area (Å²) in [5, 5.41) is 10.9. The van der Waals surface area contributed by atoms with Crippen molar-refractivity contribution in [2.24, 2.45) is 0 Å². The number of nitrogens with zero attached hydrogens (tertiary/aromatic N) is 2. The summed E-state index contributed by atoms with van der Waals surface area (Å²) in [6, 6.07) is 9.67. The molecular weight excluding hydrogens is 272 g/mol. The molecule has 0 bridgehead atoms. The van der Waals surface area contributed by atoms with Gasteiger partial charge in [0.05, 0.1) is 10.9 Å². The minimum atomic E-state index is -0.240. The topological polar surface area (TPSA) is 46.4 Å². The number of thiocarbonyl (C=S) groups is 1. The van der Waals surface area contributed by atoms with Crippen molar-refractivity contribution in [3.05, 3.63) is 46.0 Å². The van der Waals surface area contributed by atoms with Gasteiger partial charge in [-0.1, -0.05) is 42.5 Å². The van der Waals surface area contributed by atoms with Crippen molar-refractivity contribution < 1.29 is 4.92 Å². The Morgan fingerprint density at radius 2 is 1.90 bits per heavy atom. The zero-order valence-electron chi connectivity index (χ0n) is 11.5. The van der Waals surface area contributed by atoms with E-state index in [1.54, 1.807) is 0 Å². The first-order valence-corrected chi connectivity index (χ1v) is 7.52. The fourth-order valence-electron chi connectivity index (χ4n) is 2.68. The Hall–Kier alpha value is -1.49. The number of nitro groups is 1. The van der Waals surface area contributed by atoms with Crippen molar-refractivity contribution in [2.45, 2.75) is 31.6 Å². The maximum atomic E-state index is 10.9. The SMILES string of the molecule is O=[N+]([O-])CC(CC(=S)N1CCCCC1)c1ccccc1. The molecule has 1 aromatic carbocycles. The molecule has 0 amide bonds. The van der Waals surface area contributed by atoms with Crippen LogP contribution in [0.15, 0.2) is 30.3 Å². The van der Waals surface area contributed by atoms with Crippen molar-refractivity contribution >= 4 is 17.2 Å². The van der Waals surface area contributed by atoms with Crippen LogP contribution in [0.3, 0.4) is 0 Å². The Kier molecular flexibility index (Phi) is 5.47. The van der Waals surface area contributed by atoms with Crippen LogP contribution in [0.1, 0.15) is 37.2 Å². The molecule has 1 aliphatic heterocycles. The first-order valence-electron chi connectivity index (χ1n) is 7.11. The van der Waals surface area contributed by atoms with Crippen molar-refractivity contribution in [3.8, 4) is 0 Å². The van der Waals surface area contributed by atoms with Gasteiger partial charge in [0, 0.05) is 24.4 Å². The highest BCUT2D eigenvalue weighted by Gasteiger charge is 2.22. The molecule has 0 aliphatic carbocycles. The highest BCUT2D eigenvalue weighted by atomic mass is 32.1. The first kappa shape index (κ1) is 14.9. The van der Waals surface area contributed by atoms with Crippen LogP contribution < -0.4 is 0 Å². The fourth-order valence-corrected chi connectivity index (χ4v) is 3.06. The van der Waals surface area contributed by atoms with E-state index in [4.69, 9.17) is 12.2 Å². The van der Waals surface area contributed by atoms with Crippen LogP contribution in [-0.4, -0.2) is 34.4 Å². The molecule has 0 saturated carbocycles. The van der Waals surface area contributed by atoms with Gasteiger partial charge in [-0.3, -0.25) is 10.1 Å². The number of benzene rings is 1. The zero-order chi connectivity index (χ0) is 14.4. The van der Waals surface area contributed by atoms with E-state index in [1.165, 1.54) is 19.3 Å². The molecule has 2 rings (SSSR count). The lowest BCUT2D eigenvalue weighted by Gasteiger charge is -2.30. The summed E-state index contributed by atoms with van der Waals surface area (Å²) in [5.74, 6) is -0.124. The summed E-state index contributed by atoms with van der Waals surface area (Å²) in [7, 11) is 0. The van der Waals surface area contributed by atoms with Gasteiger partial charge in [-0.2, -0.15) is 0 Å². The van der Waals surface area contributed by atoms with Gasteiger partial charge in [0.1, 0.15) is 0 Å². The van der Waals surface area contributed by atoms with Gasteiger partial charge in [-0.05, 0) is 24.8 Å². The molecule has 1 aromatic rings. The molecule has 20 heavy (non-hydrogen) atoms. The molecule has 1 fully saturated rings. The maximum absolute atomic E-state index is 10.9. The fraction of sp³-hybridized carbons (Fsp3) is 0.533. The number of rotatable bonds is 5. The van der Waals surface area contributed by atoms with E-state index in [0.29, 0.717) is 6.42 Å². The molecule has 1 heterocycles. The van der Waals surface area contributed by atoms with Crippen LogP contribution in [0, 0.1) is 10.1 Å². The van der Waals surface area contributed by atoms with Crippen molar-refractivity contribution in [3.63, 3.8) is 0 Å². The molecule has 0 N–H and O–H groups in total. The number of hydrogen-bond donors (Lipinski definition) is 0. The summed E-state index contributed by atoms with van der Waals surface area (Å²) in [6.45, 7) is 1.94. The highest BCUT2D eigenvalue weighted by Crippen LogP contribution is 2.23. The molecule has 4 nitrogen and oxygen atoms in total. The van der Waals surface area contributed by atoms with Crippen LogP contribution in [0.25, 0.3) is 0 Å². The lowest BCUT2D eigenvalue weighted by atomic mass is 9.95. The van der Waals surface area contributed by atoms with Gasteiger partial charge in [0.15, 0.2) is 0 Å². The van der Waals surface area contributed by atoms with Crippen LogP contribution in [0.5, 0.6) is 0 Å². The van der Waals surface area contributed by atoms with E-state index in [-0.39, 0.29) is 17.4 Å². The van der Waals surface area contributed by atoms with E-state index in [1.807, 2.05) is 30.3 Å². The van der Waals surface area contributed by atoms with Crippen LogP contribution in [0.2, 0.25) is 0 Å². The van der Waals surface area contributed by atoms with Crippen LogP contribution >= 0.6 is 12.2 Å². The van der Waals surface area contributed by atoms with Gasteiger partial charge in [0.25, 0.3) is 0 Å². The van der Waals surface area contributed by atoms with Gasteiger partial charge in [-0.15, -0.1) is 0 Å². The molecule has 5 heteroatoms. The third-order valence-electron chi connectivity index (χ3n) is 3.77. The summed E-state index contributed by atoms with van der Waals surface area (Å²) < 4.78 is 0. The molecule has 0 spiro atoms. The minimum absolute atomic E-state index is 0.0575. The third-order valence-corrected chi connectivity index (χ3v) is 4.20. The first-order chi connectivity index (χ1) is 9.66. The Balaban J connectivity index is 2.03. The zero-order valence-corrected chi connectivity index (χ0v) is 12.3. The monoisotopic (exact) mass is 292 g/mol. The van der Waals surface area contributed by atoms with Crippen molar-refractivity contribution in [1.82, 2.24) is 4.90 Å². The summed E-state index contributed by atoms with van der Waals surface area (Å²) in [6.07, 6.45) is 4.20. The second-order valence-corrected chi connectivity index (χ2v) is 5.74. The smallest absolute Gasteiger partial charge is 0.211 e. The van der Waals surface area contributed by atoms with Crippen LogP contribution in [-0.2, 0) is 0 Å². The Morgan fingerprint density at radius 3 is 2.50 bits per heavy atom. The second kappa shape index (κ2) is 7.33. The van der Waals surface area contributed by atoms with Gasteiger partial charge < -0.3 is 4.90 Å². The van der Waals surface area contributed by atoms with Crippen LogP contribution in [0.4, 0.5) is 0 Å². The molecule has 1 unspecified atom stereocenters. The maximum Gasteiger partial charge on any atom is 0.211 e. The quantitative estimate of drug-likeness (QED) is 0.475. The van der Waals surface area contributed by atoms with Gasteiger partial charge in [-0.25, -0.2) is 0 Å². The summed E-state index contributed by atoms with van der Waals surface area (Å²) >= 11 is 5.51. The van der Waals surface area contributed by atoms with Crippen molar-refractivity contribution in [2.75, 3.05) is 19.6 Å². The molecular formula is C15H20N2O2S. The minimum Gasteiger partial charge on any atom is -0.366 e. The average molecular weight is 292 g/mol. The molecule has 108 valence electrons. The van der Waals surface area contributed by atoms with Gasteiger partial charge in [0.2, 0.25) is 6.54 Å². The molecule has 0 radical (unpaired) electrons. The summed E-state index contributed by atoms with van der Waals surface area (Å²) in [4.78, 5) is 13.7. The third kappa shape index (κ3) is 4.27. The molecule has 1 saturated heterocycles. The van der Waals surface area contributed by atoms with E-state index in [2.05, 4.69) is 4.90 Å². The second-order valence-electron chi connectivity index (χ2n) is 5.27. The number of likely N-dealkylation sites (tertiary alicyclic amines) is 1. The van der Waals surface area contributed by atoms with Gasteiger partial charge >= 0.3 is 0 Å². The Labute approximate surface area is 124 Å². The lowest BCUT2D eigenvalue weighted by Crippen LogP contribution is -2.35. The lowest BCUT2D eigenvalue weighted by molar-refractivity contribution is -0.483. The average Bonchev–Trinajstić information content (AvgIpc) is 2.48. The van der Waals surface area contributed by atoms with E-state index < -0.39 is 0 Å². The van der Waals surface area contributed by atoms with E-state index >= 15 is 0 Å². The number of hydrogen-bond acceptors (Lipinski definition) is 3. The Morgan fingerprint density at radius 1 is 1.25 bits per heavy atom.